The number of rotatable bonds is 7. The van der Waals surface area contributed by atoms with E-state index in [4.69, 9.17) is 18.6 Å². The lowest BCUT2D eigenvalue weighted by Crippen LogP contribution is -2.63. The van der Waals surface area contributed by atoms with E-state index in [1.54, 1.807) is 27.2 Å². The highest BCUT2D eigenvalue weighted by Gasteiger charge is 2.41. The highest BCUT2D eigenvalue weighted by Crippen LogP contribution is 2.33. The number of carbonyl (C=O) groups is 1. The molecule has 1 aromatic carbocycles. The molecule has 0 spiro atoms. The van der Waals surface area contributed by atoms with Crippen LogP contribution in [0.25, 0.3) is 0 Å². The lowest BCUT2D eigenvalue weighted by molar-refractivity contribution is 0.0662. The molecule has 1 aliphatic rings. The van der Waals surface area contributed by atoms with Crippen LogP contribution in [-0.2, 0) is 6.42 Å². The van der Waals surface area contributed by atoms with Crippen molar-refractivity contribution < 1.29 is 23.4 Å². The predicted molar refractivity (Wildman–Crippen MR) is 128 cm³/mol. The molecule has 2 heterocycles. The zero-order valence-electron chi connectivity index (χ0n) is 21.2. The Morgan fingerprint density at radius 1 is 1.06 bits per heavy atom. The van der Waals surface area contributed by atoms with Gasteiger partial charge in [0, 0.05) is 35.8 Å². The van der Waals surface area contributed by atoms with E-state index >= 15 is 0 Å². The Morgan fingerprint density at radius 3 is 2.27 bits per heavy atom. The van der Waals surface area contributed by atoms with E-state index in [9.17, 15) is 4.79 Å². The fourth-order valence-electron chi connectivity index (χ4n) is 5.07. The standard InChI is InChI=1S/C26H38N2O5/c1-17-13-22(18(2)32-17)33-24(29)28(20-15-25(3,4)27-26(5,6)16-20)12-11-19-9-10-21(30-7)14-23(19)31-8/h9-10,13-14,20,27H,11-12,15-16H2,1-8H3. The van der Waals surface area contributed by atoms with Gasteiger partial charge in [0.15, 0.2) is 5.75 Å². The number of aryl methyl sites for hydroxylation is 2. The maximum Gasteiger partial charge on any atom is 0.415 e. The Labute approximate surface area is 197 Å². The smallest absolute Gasteiger partial charge is 0.415 e. The van der Waals surface area contributed by atoms with E-state index in [1.165, 1.54) is 0 Å². The number of amides is 1. The van der Waals surface area contributed by atoms with Gasteiger partial charge >= 0.3 is 6.09 Å². The number of benzene rings is 1. The molecule has 0 saturated carbocycles. The van der Waals surface area contributed by atoms with Gasteiger partial charge in [-0.15, -0.1) is 0 Å². The third kappa shape index (κ3) is 6.22. The van der Waals surface area contributed by atoms with Gasteiger partial charge in [-0.25, -0.2) is 4.79 Å². The van der Waals surface area contributed by atoms with E-state index in [0.29, 0.717) is 30.2 Å². The molecular formula is C26H38N2O5. The number of piperidine rings is 1. The molecule has 33 heavy (non-hydrogen) atoms. The van der Waals surface area contributed by atoms with Crippen molar-refractivity contribution in [3.63, 3.8) is 0 Å². The Bertz CT molecular complexity index is 963. The monoisotopic (exact) mass is 458 g/mol. The second-order valence-corrected chi connectivity index (χ2v) is 10.2. The van der Waals surface area contributed by atoms with Gasteiger partial charge in [-0.3, -0.25) is 0 Å². The number of hydrogen-bond donors (Lipinski definition) is 1. The summed E-state index contributed by atoms with van der Waals surface area (Å²) in [5, 5.41) is 3.69. The molecule has 182 valence electrons. The Balaban J connectivity index is 1.86. The molecule has 0 aliphatic carbocycles. The maximum atomic E-state index is 13.5. The van der Waals surface area contributed by atoms with Crippen LogP contribution in [0.4, 0.5) is 4.79 Å². The van der Waals surface area contributed by atoms with Crippen molar-refractivity contribution in [3.8, 4) is 17.2 Å². The molecule has 1 saturated heterocycles. The molecule has 1 N–H and O–H groups in total. The van der Waals surface area contributed by atoms with Crippen LogP contribution in [0.5, 0.6) is 17.2 Å². The Morgan fingerprint density at radius 2 is 1.73 bits per heavy atom. The van der Waals surface area contributed by atoms with Crippen molar-refractivity contribution in [2.24, 2.45) is 0 Å². The summed E-state index contributed by atoms with van der Waals surface area (Å²) >= 11 is 0. The van der Waals surface area contributed by atoms with Gasteiger partial charge in [-0.1, -0.05) is 6.07 Å². The molecule has 0 atom stereocenters. The number of nitrogens with zero attached hydrogens (tertiary/aromatic N) is 1. The average molecular weight is 459 g/mol. The second kappa shape index (κ2) is 9.67. The molecule has 0 radical (unpaired) electrons. The second-order valence-electron chi connectivity index (χ2n) is 10.2. The molecule has 7 heteroatoms. The summed E-state index contributed by atoms with van der Waals surface area (Å²) in [6.45, 7) is 12.9. The molecule has 1 aromatic heterocycles. The number of methoxy groups -OCH3 is 2. The average Bonchev–Trinajstić information content (AvgIpc) is 3.02. The zero-order chi connectivity index (χ0) is 24.4. The minimum absolute atomic E-state index is 0.0290. The Hall–Kier alpha value is -2.67. The van der Waals surface area contributed by atoms with Crippen molar-refractivity contribution in [3.05, 3.63) is 41.3 Å². The highest BCUT2D eigenvalue weighted by atomic mass is 16.6. The molecule has 7 nitrogen and oxygen atoms in total. The molecule has 1 aliphatic heterocycles. The molecule has 0 unspecified atom stereocenters. The van der Waals surface area contributed by atoms with Crippen molar-refractivity contribution >= 4 is 6.09 Å². The lowest BCUT2D eigenvalue weighted by atomic mass is 9.79. The molecular weight excluding hydrogens is 420 g/mol. The SMILES string of the molecule is COc1ccc(CCN(C(=O)Oc2cc(C)oc2C)C2CC(C)(C)NC(C)(C)C2)c(OC)c1. The van der Waals surface area contributed by atoms with E-state index in [0.717, 1.165) is 29.9 Å². The van der Waals surface area contributed by atoms with E-state index in [2.05, 4.69) is 33.0 Å². The number of carbonyl (C=O) groups excluding carboxylic acids is 1. The van der Waals surface area contributed by atoms with Gasteiger partial charge in [0.1, 0.15) is 23.0 Å². The van der Waals surface area contributed by atoms with Crippen LogP contribution >= 0.6 is 0 Å². The van der Waals surface area contributed by atoms with Crippen LogP contribution in [0, 0.1) is 13.8 Å². The Kier molecular flexibility index (Phi) is 7.32. The van der Waals surface area contributed by atoms with Crippen LogP contribution in [-0.4, -0.2) is 48.9 Å². The molecule has 0 bridgehead atoms. The lowest BCUT2D eigenvalue weighted by Gasteiger charge is -2.49. The minimum atomic E-state index is -0.357. The van der Waals surface area contributed by atoms with Gasteiger partial charge < -0.3 is 28.8 Å². The van der Waals surface area contributed by atoms with Crippen LogP contribution in [0.1, 0.15) is 57.6 Å². The highest BCUT2D eigenvalue weighted by molar-refractivity contribution is 5.71. The van der Waals surface area contributed by atoms with Crippen LogP contribution in [0.2, 0.25) is 0 Å². The van der Waals surface area contributed by atoms with E-state index < -0.39 is 0 Å². The predicted octanol–water partition coefficient (Wildman–Crippen LogP) is 5.27. The van der Waals surface area contributed by atoms with Crippen LogP contribution in [0.3, 0.4) is 0 Å². The number of ether oxygens (including phenoxy) is 3. The zero-order valence-corrected chi connectivity index (χ0v) is 21.2. The first kappa shape index (κ1) is 25.0. The molecule has 1 amide bonds. The van der Waals surface area contributed by atoms with Crippen molar-refractivity contribution in [2.75, 3.05) is 20.8 Å². The summed E-state index contributed by atoms with van der Waals surface area (Å²) in [7, 11) is 3.28. The van der Waals surface area contributed by atoms with Crippen molar-refractivity contribution in [1.29, 1.82) is 0 Å². The first-order chi connectivity index (χ1) is 15.4. The van der Waals surface area contributed by atoms with Crippen LogP contribution < -0.4 is 19.5 Å². The fraction of sp³-hybridized carbons (Fsp3) is 0.577. The van der Waals surface area contributed by atoms with Crippen LogP contribution in [0.15, 0.2) is 28.7 Å². The summed E-state index contributed by atoms with van der Waals surface area (Å²) in [6, 6.07) is 7.55. The van der Waals surface area contributed by atoms with Gasteiger partial charge in [-0.05, 0) is 72.4 Å². The van der Waals surface area contributed by atoms with Gasteiger partial charge in [0.2, 0.25) is 0 Å². The molecule has 3 rings (SSSR count). The summed E-state index contributed by atoms with van der Waals surface area (Å²) < 4.78 is 22.3. The van der Waals surface area contributed by atoms with Gasteiger partial charge in [0.25, 0.3) is 0 Å². The first-order valence-electron chi connectivity index (χ1n) is 11.5. The summed E-state index contributed by atoms with van der Waals surface area (Å²) in [5.41, 5.74) is 0.800. The maximum absolute atomic E-state index is 13.5. The first-order valence-corrected chi connectivity index (χ1v) is 11.5. The topological polar surface area (TPSA) is 73.2 Å². The summed E-state index contributed by atoms with van der Waals surface area (Å²) in [4.78, 5) is 15.3. The molecule has 2 aromatic rings. The van der Waals surface area contributed by atoms with Crippen molar-refractivity contribution in [2.45, 2.75) is 77.9 Å². The largest absolute Gasteiger partial charge is 0.497 e. The quantitative estimate of drug-likeness (QED) is 0.610. The van der Waals surface area contributed by atoms with E-state index in [-0.39, 0.29) is 23.2 Å². The fourth-order valence-corrected chi connectivity index (χ4v) is 5.07. The number of hydrogen-bond acceptors (Lipinski definition) is 6. The summed E-state index contributed by atoms with van der Waals surface area (Å²) in [5.74, 6) is 3.27. The van der Waals surface area contributed by atoms with Gasteiger partial charge in [-0.2, -0.15) is 0 Å². The third-order valence-electron chi connectivity index (χ3n) is 6.15. The number of nitrogens with one attached hydrogen (secondary N) is 1. The summed E-state index contributed by atoms with van der Waals surface area (Å²) in [6.07, 6.45) is 1.93. The minimum Gasteiger partial charge on any atom is -0.497 e. The third-order valence-corrected chi connectivity index (χ3v) is 6.15. The number of furan rings is 1. The van der Waals surface area contributed by atoms with Crippen molar-refractivity contribution in [1.82, 2.24) is 10.2 Å². The normalized spacial score (nSPS) is 17.5. The van der Waals surface area contributed by atoms with E-state index in [1.807, 2.05) is 30.0 Å². The molecule has 1 fully saturated rings. The van der Waals surface area contributed by atoms with Gasteiger partial charge in [0.05, 0.1) is 14.2 Å².